The molecule has 0 aliphatic carbocycles. The van der Waals surface area contributed by atoms with Crippen molar-refractivity contribution in [3.05, 3.63) is 23.2 Å². The molecule has 2 aromatic rings. The van der Waals surface area contributed by atoms with Crippen LogP contribution in [0.5, 0.6) is 0 Å². The van der Waals surface area contributed by atoms with Crippen LogP contribution in [0.15, 0.2) is 18.2 Å². The van der Waals surface area contributed by atoms with Crippen LogP contribution in [0.25, 0.3) is 10.2 Å². The lowest BCUT2D eigenvalue weighted by Gasteiger charge is -2.32. The molecular formula is C18H25BN2O2S. The Kier molecular flexibility index (Phi) is 3.81. The highest BCUT2D eigenvalue weighted by Crippen LogP contribution is 2.38. The van der Waals surface area contributed by atoms with Crippen molar-refractivity contribution in [1.82, 2.24) is 9.88 Å². The van der Waals surface area contributed by atoms with E-state index in [1.807, 2.05) is 11.3 Å². The van der Waals surface area contributed by atoms with Gasteiger partial charge in [-0.2, -0.15) is 0 Å². The molecule has 1 aromatic carbocycles. The predicted molar refractivity (Wildman–Crippen MR) is 99.9 cm³/mol. The van der Waals surface area contributed by atoms with Gasteiger partial charge in [0.25, 0.3) is 0 Å². The van der Waals surface area contributed by atoms with E-state index in [0.29, 0.717) is 6.04 Å². The van der Waals surface area contributed by atoms with E-state index in [1.54, 1.807) is 0 Å². The molecule has 24 heavy (non-hydrogen) atoms. The van der Waals surface area contributed by atoms with E-state index in [0.717, 1.165) is 11.0 Å². The first kappa shape index (κ1) is 16.5. The van der Waals surface area contributed by atoms with E-state index >= 15 is 0 Å². The van der Waals surface area contributed by atoms with Crippen molar-refractivity contribution < 1.29 is 9.31 Å². The Morgan fingerprint density at radius 1 is 1.21 bits per heavy atom. The summed E-state index contributed by atoms with van der Waals surface area (Å²) in [6.07, 6.45) is 2.47. The van der Waals surface area contributed by atoms with Crippen LogP contribution in [0.2, 0.25) is 0 Å². The molecule has 4 nitrogen and oxygen atoms in total. The van der Waals surface area contributed by atoms with Crippen LogP contribution >= 0.6 is 11.3 Å². The van der Waals surface area contributed by atoms with Crippen molar-refractivity contribution in [3.8, 4) is 0 Å². The van der Waals surface area contributed by atoms with Gasteiger partial charge in [0.1, 0.15) is 5.01 Å². The highest BCUT2D eigenvalue weighted by atomic mass is 32.1. The third-order valence-electron chi connectivity index (χ3n) is 5.76. The maximum absolute atomic E-state index is 6.17. The van der Waals surface area contributed by atoms with Crippen molar-refractivity contribution in [2.45, 2.75) is 57.8 Å². The van der Waals surface area contributed by atoms with Gasteiger partial charge in [-0.15, -0.1) is 11.3 Å². The number of aromatic nitrogens is 1. The van der Waals surface area contributed by atoms with Crippen LogP contribution in [0.4, 0.5) is 0 Å². The second-order valence-electron chi connectivity index (χ2n) is 8.01. The summed E-state index contributed by atoms with van der Waals surface area (Å²) >= 11 is 1.81. The van der Waals surface area contributed by atoms with E-state index in [2.05, 4.69) is 57.8 Å². The van der Waals surface area contributed by atoms with Crippen LogP contribution in [-0.2, 0) is 9.31 Å². The lowest BCUT2D eigenvalue weighted by Crippen LogP contribution is -2.41. The zero-order chi connectivity index (χ0) is 17.1. The van der Waals surface area contributed by atoms with Gasteiger partial charge in [-0.05, 0) is 71.7 Å². The fourth-order valence-electron chi connectivity index (χ4n) is 3.45. The van der Waals surface area contributed by atoms with Gasteiger partial charge < -0.3 is 9.31 Å². The average molecular weight is 344 g/mol. The summed E-state index contributed by atoms with van der Waals surface area (Å²) in [4.78, 5) is 7.33. The Hall–Kier alpha value is -0.945. The molecule has 2 fully saturated rings. The first-order valence-corrected chi connectivity index (χ1v) is 9.55. The minimum Gasteiger partial charge on any atom is -0.399 e. The molecule has 0 amide bonds. The SMILES string of the molecule is CN1CCCC1c1nc2cc(B3OC(C)(C)C(C)(C)O3)ccc2s1. The second kappa shape index (κ2) is 5.53. The fourth-order valence-corrected chi connectivity index (χ4v) is 4.60. The number of nitrogens with zero attached hydrogens (tertiary/aromatic N) is 2. The lowest BCUT2D eigenvalue weighted by atomic mass is 9.79. The summed E-state index contributed by atoms with van der Waals surface area (Å²) in [5.41, 5.74) is 1.49. The number of likely N-dealkylation sites (tertiary alicyclic amines) is 1. The Morgan fingerprint density at radius 2 is 1.92 bits per heavy atom. The minimum atomic E-state index is -0.321. The van der Waals surface area contributed by atoms with Crippen molar-refractivity contribution in [1.29, 1.82) is 0 Å². The van der Waals surface area contributed by atoms with Crippen LogP contribution in [-0.4, -0.2) is 41.8 Å². The van der Waals surface area contributed by atoms with Gasteiger partial charge >= 0.3 is 7.12 Å². The van der Waals surface area contributed by atoms with E-state index < -0.39 is 0 Å². The molecule has 2 aliphatic rings. The Morgan fingerprint density at radius 3 is 2.54 bits per heavy atom. The van der Waals surface area contributed by atoms with Crippen molar-refractivity contribution in [2.75, 3.05) is 13.6 Å². The predicted octanol–water partition coefficient (Wildman–Crippen LogP) is 3.36. The average Bonchev–Trinajstić information content (AvgIpc) is 3.14. The second-order valence-corrected chi connectivity index (χ2v) is 9.07. The molecule has 0 bridgehead atoms. The molecule has 2 aliphatic heterocycles. The van der Waals surface area contributed by atoms with Crippen molar-refractivity contribution >= 4 is 34.1 Å². The summed E-state index contributed by atoms with van der Waals surface area (Å²) in [5.74, 6) is 0. The van der Waals surface area contributed by atoms with Gasteiger partial charge in [0.2, 0.25) is 0 Å². The highest BCUT2D eigenvalue weighted by molar-refractivity contribution is 7.18. The molecule has 1 unspecified atom stereocenters. The van der Waals surface area contributed by atoms with E-state index in [-0.39, 0.29) is 18.3 Å². The number of hydrogen-bond acceptors (Lipinski definition) is 5. The monoisotopic (exact) mass is 344 g/mol. The van der Waals surface area contributed by atoms with E-state index in [9.17, 15) is 0 Å². The molecule has 0 spiro atoms. The van der Waals surface area contributed by atoms with Gasteiger partial charge in [0.15, 0.2) is 0 Å². The Labute approximate surface area is 148 Å². The first-order chi connectivity index (χ1) is 11.3. The number of rotatable bonds is 2. The number of thiazole rings is 1. The van der Waals surface area contributed by atoms with E-state index in [4.69, 9.17) is 14.3 Å². The largest absolute Gasteiger partial charge is 0.494 e. The van der Waals surface area contributed by atoms with Gasteiger partial charge in [-0.25, -0.2) is 4.98 Å². The standard InChI is InChI=1S/C18H25BN2O2S/c1-17(2)18(3,4)23-19(22-17)12-8-9-15-13(11-12)20-16(24-15)14-7-6-10-21(14)5/h8-9,11,14H,6-7,10H2,1-5H3. The van der Waals surface area contributed by atoms with Crippen LogP contribution in [0.1, 0.15) is 51.6 Å². The van der Waals surface area contributed by atoms with Crippen molar-refractivity contribution in [2.24, 2.45) is 0 Å². The summed E-state index contributed by atoms with van der Waals surface area (Å²) in [6.45, 7) is 9.51. The normalized spacial score (nSPS) is 26.5. The van der Waals surface area contributed by atoms with Gasteiger partial charge in [-0.3, -0.25) is 4.90 Å². The molecular weight excluding hydrogens is 319 g/mol. The summed E-state index contributed by atoms with van der Waals surface area (Å²) in [6, 6.07) is 6.88. The number of fused-ring (bicyclic) bond motifs is 1. The maximum atomic E-state index is 6.17. The lowest BCUT2D eigenvalue weighted by molar-refractivity contribution is 0.00578. The van der Waals surface area contributed by atoms with Crippen LogP contribution in [0.3, 0.4) is 0 Å². The molecule has 4 rings (SSSR count). The smallest absolute Gasteiger partial charge is 0.399 e. The fraction of sp³-hybridized carbons (Fsp3) is 0.611. The van der Waals surface area contributed by atoms with Crippen LogP contribution in [0, 0.1) is 0 Å². The molecule has 1 atom stereocenters. The maximum Gasteiger partial charge on any atom is 0.494 e. The molecule has 0 radical (unpaired) electrons. The Balaban J connectivity index is 1.64. The highest BCUT2D eigenvalue weighted by Gasteiger charge is 2.51. The quantitative estimate of drug-likeness (QED) is 0.783. The zero-order valence-electron chi connectivity index (χ0n) is 15.1. The van der Waals surface area contributed by atoms with E-state index in [1.165, 1.54) is 29.1 Å². The molecule has 2 saturated heterocycles. The zero-order valence-corrected chi connectivity index (χ0v) is 15.9. The summed E-state index contributed by atoms with van der Waals surface area (Å²) in [7, 11) is 1.87. The van der Waals surface area contributed by atoms with Crippen molar-refractivity contribution in [3.63, 3.8) is 0 Å². The third kappa shape index (κ3) is 2.60. The minimum absolute atomic E-state index is 0.313. The summed E-state index contributed by atoms with van der Waals surface area (Å²) < 4.78 is 13.6. The number of benzene rings is 1. The molecule has 1 aromatic heterocycles. The van der Waals surface area contributed by atoms with Crippen LogP contribution < -0.4 is 5.46 Å². The molecule has 128 valence electrons. The molecule has 0 N–H and O–H groups in total. The third-order valence-corrected chi connectivity index (χ3v) is 6.90. The summed E-state index contributed by atoms with van der Waals surface area (Å²) in [5, 5.41) is 1.23. The first-order valence-electron chi connectivity index (χ1n) is 8.73. The topological polar surface area (TPSA) is 34.6 Å². The van der Waals surface area contributed by atoms with Gasteiger partial charge in [0.05, 0.1) is 27.5 Å². The van der Waals surface area contributed by atoms with Gasteiger partial charge in [0, 0.05) is 0 Å². The number of hydrogen-bond donors (Lipinski definition) is 0. The molecule has 6 heteroatoms. The Bertz CT molecular complexity index is 757. The molecule has 0 saturated carbocycles. The molecule has 3 heterocycles. The van der Waals surface area contributed by atoms with Gasteiger partial charge in [-0.1, -0.05) is 6.07 Å².